The van der Waals surface area contributed by atoms with Crippen molar-refractivity contribution in [1.82, 2.24) is 10.2 Å². The minimum atomic E-state index is -0.516. The zero-order valence-electron chi connectivity index (χ0n) is 17.2. The van der Waals surface area contributed by atoms with Crippen molar-refractivity contribution in [2.75, 3.05) is 13.1 Å². The van der Waals surface area contributed by atoms with Crippen LogP contribution in [0.4, 0.5) is 0 Å². The fourth-order valence-corrected chi connectivity index (χ4v) is 3.50. The first-order chi connectivity index (χ1) is 13.2. The first kappa shape index (κ1) is 21.8. The van der Waals surface area contributed by atoms with E-state index in [0.29, 0.717) is 46.9 Å². The number of carbonyl (C=O) groups excluding carboxylic acids is 1. The van der Waals surface area contributed by atoms with E-state index in [2.05, 4.69) is 25.2 Å². The average Bonchev–Trinajstić information content (AvgIpc) is 2.63. The summed E-state index contributed by atoms with van der Waals surface area (Å²) < 4.78 is 0. The van der Waals surface area contributed by atoms with Gasteiger partial charge in [-0.2, -0.15) is 5.26 Å². The van der Waals surface area contributed by atoms with Gasteiger partial charge in [0.25, 0.3) is 0 Å². The zero-order chi connectivity index (χ0) is 21.0. The van der Waals surface area contributed by atoms with E-state index in [1.54, 1.807) is 12.1 Å². The number of hydrogen-bond donors (Lipinski definition) is 2. The molecule has 6 heteroatoms. The average molecular weight is 401 g/mol. The summed E-state index contributed by atoms with van der Waals surface area (Å²) >= 11 is 6.04. The minimum Gasteiger partial charge on any atom is -0.384 e. The Morgan fingerprint density at radius 1 is 1.25 bits per heavy atom. The number of allylic oxidation sites excluding steroid dienone is 2. The van der Waals surface area contributed by atoms with Crippen molar-refractivity contribution >= 4 is 17.5 Å². The monoisotopic (exact) mass is 400 g/mol. The van der Waals surface area contributed by atoms with Crippen molar-refractivity contribution in [3.8, 4) is 6.07 Å². The molecule has 0 aromatic heterocycles. The first-order valence-corrected chi connectivity index (χ1v) is 9.96. The molecule has 0 aliphatic carbocycles. The quantitative estimate of drug-likeness (QED) is 0.751. The molecule has 0 saturated heterocycles. The molecule has 0 radical (unpaired) electrons. The molecule has 0 saturated carbocycles. The number of nitrogens with one attached hydrogen (secondary N) is 1. The van der Waals surface area contributed by atoms with Crippen LogP contribution in [0.15, 0.2) is 46.9 Å². The van der Waals surface area contributed by atoms with Crippen molar-refractivity contribution in [1.29, 1.82) is 5.26 Å². The Labute approximate surface area is 172 Å². The summed E-state index contributed by atoms with van der Waals surface area (Å²) in [5.74, 6) is 0.373. The third-order valence-corrected chi connectivity index (χ3v) is 4.98. The highest BCUT2D eigenvalue weighted by atomic mass is 35.5. The molecular formula is C22H29ClN4O. The molecule has 1 aliphatic rings. The van der Waals surface area contributed by atoms with Gasteiger partial charge >= 0.3 is 0 Å². The number of nitrogens with zero attached hydrogens (tertiary/aromatic N) is 2. The Morgan fingerprint density at radius 3 is 2.36 bits per heavy atom. The van der Waals surface area contributed by atoms with Crippen LogP contribution >= 0.6 is 11.6 Å². The van der Waals surface area contributed by atoms with E-state index in [0.717, 1.165) is 11.3 Å². The highest BCUT2D eigenvalue weighted by molar-refractivity contribution is 6.30. The second-order valence-corrected chi connectivity index (χ2v) is 8.44. The standard InChI is InChI=1S/C22H29ClN4O/c1-13(2)11-26-22(28)19-15(5)27(12-14(3)4)21(25)18(10-24)20(19)16-6-8-17(23)9-7-16/h6-9,13-14,20H,11-12,25H2,1-5H3,(H,26,28). The molecule has 150 valence electrons. The maximum atomic E-state index is 13.2. The van der Waals surface area contributed by atoms with Gasteiger partial charge in [-0.05, 0) is 36.5 Å². The summed E-state index contributed by atoms with van der Waals surface area (Å²) in [5.41, 5.74) is 8.97. The lowest BCUT2D eigenvalue weighted by molar-refractivity contribution is -0.118. The number of halogens is 1. The highest BCUT2D eigenvalue weighted by Gasteiger charge is 2.37. The van der Waals surface area contributed by atoms with Crippen LogP contribution in [0.25, 0.3) is 0 Å². The van der Waals surface area contributed by atoms with Gasteiger partial charge in [0.05, 0.1) is 17.6 Å². The Kier molecular flexibility index (Phi) is 7.15. The minimum absolute atomic E-state index is 0.167. The van der Waals surface area contributed by atoms with E-state index in [9.17, 15) is 10.1 Å². The maximum absolute atomic E-state index is 13.2. The fourth-order valence-electron chi connectivity index (χ4n) is 3.37. The summed E-state index contributed by atoms with van der Waals surface area (Å²) in [7, 11) is 0. The number of rotatable bonds is 6. The van der Waals surface area contributed by atoms with E-state index in [4.69, 9.17) is 17.3 Å². The Balaban J connectivity index is 2.62. The molecule has 2 rings (SSSR count). The SMILES string of the molecule is CC1=C(C(=O)NCC(C)C)C(c2ccc(Cl)cc2)C(C#N)=C(N)N1CC(C)C. The van der Waals surface area contributed by atoms with Gasteiger partial charge in [-0.15, -0.1) is 0 Å². The normalized spacial score (nSPS) is 17.4. The lowest BCUT2D eigenvalue weighted by atomic mass is 9.80. The molecule has 1 aromatic rings. The number of benzene rings is 1. The summed E-state index contributed by atoms with van der Waals surface area (Å²) in [6.07, 6.45) is 0. The van der Waals surface area contributed by atoms with Gasteiger partial charge in [-0.3, -0.25) is 4.79 Å². The third-order valence-electron chi connectivity index (χ3n) is 4.73. The van der Waals surface area contributed by atoms with Gasteiger partial charge in [-0.25, -0.2) is 0 Å². The summed E-state index contributed by atoms with van der Waals surface area (Å²) in [5, 5.41) is 13.5. The predicted octanol–water partition coefficient (Wildman–Crippen LogP) is 4.14. The van der Waals surface area contributed by atoms with E-state index < -0.39 is 5.92 Å². The number of nitrogens with two attached hydrogens (primary N) is 1. The summed E-state index contributed by atoms with van der Waals surface area (Å²) in [6.45, 7) is 11.3. The Morgan fingerprint density at radius 2 is 1.86 bits per heavy atom. The number of amides is 1. The van der Waals surface area contributed by atoms with Crippen LogP contribution in [0.5, 0.6) is 0 Å². The van der Waals surface area contributed by atoms with E-state index in [1.807, 2.05) is 37.8 Å². The number of hydrogen-bond acceptors (Lipinski definition) is 4. The fraction of sp³-hybridized carbons (Fsp3) is 0.455. The molecule has 0 spiro atoms. The van der Waals surface area contributed by atoms with Crippen molar-refractivity contribution in [2.45, 2.75) is 40.5 Å². The molecule has 1 amide bonds. The maximum Gasteiger partial charge on any atom is 0.249 e. The van der Waals surface area contributed by atoms with Crippen LogP contribution in [-0.4, -0.2) is 23.9 Å². The molecule has 0 bridgehead atoms. The van der Waals surface area contributed by atoms with Crippen molar-refractivity contribution < 1.29 is 4.79 Å². The van der Waals surface area contributed by atoms with Crippen molar-refractivity contribution in [3.63, 3.8) is 0 Å². The van der Waals surface area contributed by atoms with Crippen molar-refractivity contribution in [2.24, 2.45) is 17.6 Å². The molecule has 0 fully saturated rings. The van der Waals surface area contributed by atoms with Gasteiger partial charge < -0.3 is 16.0 Å². The van der Waals surface area contributed by atoms with Crippen LogP contribution in [0, 0.1) is 23.2 Å². The molecule has 1 aliphatic heterocycles. The Bertz CT molecular complexity index is 831. The first-order valence-electron chi connectivity index (χ1n) is 9.59. The summed E-state index contributed by atoms with van der Waals surface area (Å²) in [4.78, 5) is 15.1. The van der Waals surface area contributed by atoms with Gasteiger partial charge in [0.1, 0.15) is 5.82 Å². The van der Waals surface area contributed by atoms with E-state index >= 15 is 0 Å². The molecule has 1 atom stereocenters. The molecular weight excluding hydrogens is 372 g/mol. The van der Waals surface area contributed by atoms with Crippen molar-refractivity contribution in [3.05, 3.63) is 57.5 Å². The zero-order valence-corrected chi connectivity index (χ0v) is 18.0. The van der Waals surface area contributed by atoms with Crippen LogP contribution in [-0.2, 0) is 4.79 Å². The van der Waals surface area contributed by atoms with Crippen LogP contribution < -0.4 is 11.1 Å². The topological polar surface area (TPSA) is 82.1 Å². The second kappa shape index (κ2) is 9.16. The lowest BCUT2D eigenvalue weighted by Gasteiger charge is -2.37. The van der Waals surface area contributed by atoms with E-state index in [1.165, 1.54) is 0 Å². The predicted molar refractivity (Wildman–Crippen MR) is 113 cm³/mol. The van der Waals surface area contributed by atoms with Gasteiger partial charge in [-0.1, -0.05) is 51.4 Å². The second-order valence-electron chi connectivity index (χ2n) is 8.00. The van der Waals surface area contributed by atoms with Gasteiger partial charge in [0.2, 0.25) is 5.91 Å². The van der Waals surface area contributed by atoms with Crippen LogP contribution in [0.1, 0.15) is 46.1 Å². The lowest BCUT2D eigenvalue weighted by Crippen LogP contribution is -2.41. The highest BCUT2D eigenvalue weighted by Crippen LogP contribution is 2.40. The molecule has 1 heterocycles. The summed E-state index contributed by atoms with van der Waals surface area (Å²) in [6, 6.07) is 9.48. The molecule has 1 aromatic carbocycles. The van der Waals surface area contributed by atoms with Gasteiger partial charge in [0, 0.05) is 29.4 Å². The Hall–Kier alpha value is -2.45. The smallest absolute Gasteiger partial charge is 0.249 e. The van der Waals surface area contributed by atoms with Crippen LogP contribution in [0.3, 0.4) is 0 Å². The molecule has 1 unspecified atom stereocenters. The molecule has 3 N–H and O–H groups in total. The van der Waals surface area contributed by atoms with Crippen LogP contribution in [0.2, 0.25) is 5.02 Å². The molecule has 5 nitrogen and oxygen atoms in total. The molecule has 28 heavy (non-hydrogen) atoms. The number of carbonyl (C=O) groups is 1. The van der Waals surface area contributed by atoms with E-state index in [-0.39, 0.29) is 5.91 Å². The third kappa shape index (κ3) is 4.69. The largest absolute Gasteiger partial charge is 0.384 e. The van der Waals surface area contributed by atoms with Gasteiger partial charge in [0.15, 0.2) is 0 Å². The number of nitriles is 1.